The number of hydrogen-bond acceptors (Lipinski definition) is 6. The monoisotopic (exact) mass is 452 g/mol. The van der Waals surface area contributed by atoms with E-state index < -0.39 is 0 Å². The van der Waals surface area contributed by atoms with Gasteiger partial charge in [0, 0.05) is 6.42 Å². The van der Waals surface area contributed by atoms with E-state index in [1.54, 1.807) is 0 Å². The van der Waals surface area contributed by atoms with Crippen LogP contribution in [0.1, 0.15) is 70.8 Å². The number of ether oxygens (including phenoxy) is 5. The maximum Gasteiger partial charge on any atom is 0.305 e. The average Bonchev–Trinajstić information content (AvgIpc) is 2.80. The van der Waals surface area contributed by atoms with Crippen molar-refractivity contribution in [3.05, 3.63) is 29.8 Å². The lowest BCUT2D eigenvalue weighted by Crippen LogP contribution is -2.14. The van der Waals surface area contributed by atoms with E-state index in [-0.39, 0.29) is 5.97 Å². The second-order valence-corrected chi connectivity index (χ2v) is 7.82. The van der Waals surface area contributed by atoms with Crippen LogP contribution in [-0.4, -0.2) is 58.8 Å². The first-order valence-corrected chi connectivity index (χ1v) is 12.4. The van der Waals surface area contributed by atoms with Gasteiger partial charge in [-0.25, -0.2) is 0 Å². The Labute approximate surface area is 194 Å². The SMILES string of the molecule is CCCCCCCCc1ccc(OCCOCCOCCOCCOC(=O)CCC)cc1. The normalized spacial score (nSPS) is 10.9. The molecule has 0 unspecified atom stereocenters. The molecule has 0 aliphatic heterocycles. The molecule has 6 heteroatoms. The molecule has 0 aromatic heterocycles. The largest absolute Gasteiger partial charge is 0.491 e. The highest BCUT2D eigenvalue weighted by Gasteiger charge is 2.00. The lowest BCUT2D eigenvalue weighted by molar-refractivity contribution is -0.145. The summed E-state index contributed by atoms with van der Waals surface area (Å²) in [5.41, 5.74) is 1.38. The van der Waals surface area contributed by atoms with Crippen LogP contribution in [-0.2, 0) is 30.2 Å². The number of unbranched alkanes of at least 4 members (excludes halogenated alkanes) is 5. The molecule has 0 N–H and O–H groups in total. The standard InChI is InChI=1S/C26H44O6/c1-3-5-6-7-8-9-11-24-12-14-25(15-13-24)31-22-20-29-18-16-28-17-19-30-21-23-32-26(27)10-4-2/h12-15H,3-11,16-23H2,1-2H3. The summed E-state index contributed by atoms with van der Waals surface area (Å²) in [6.45, 7) is 7.95. The zero-order valence-corrected chi connectivity index (χ0v) is 20.3. The van der Waals surface area contributed by atoms with Crippen LogP contribution in [0.2, 0.25) is 0 Å². The van der Waals surface area contributed by atoms with Crippen molar-refractivity contribution in [1.82, 2.24) is 0 Å². The van der Waals surface area contributed by atoms with Crippen LogP contribution in [0.4, 0.5) is 0 Å². The third-order valence-corrected chi connectivity index (χ3v) is 4.93. The summed E-state index contributed by atoms with van der Waals surface area (Å²) in [7, 11) is 0. The van der Waals surface area contributed by atoms with Gasteiger partial charge in [0.1, 0.15) is 19.0 Å². The molecule has 0 saturated heterocycles. The third kappa shape index (κ3) is 17.0. The maximum atomic E-state index is 11.2. The zero-order valence-electron chi connectivity index (χ0n) is 20.3. The first kappa shape index (κ1) is 28.4. The summed E-state index contributed by atoms with van der Waals surface area (Å²) in [5.74, 6) is 0.711. The molecule has 0 atom stereocenters. The van der Waals surface area contributed by atoms with Gasteiger partial charge in [0.15, 0.2) is 0 Å². The average molecular weight is 453 g/mol. The van der Waals surface area contributed by atoms with Crippen LogP contribution < -0.4 is 4.74 Å². The van der Waals surface area contributed by atoms with Gasteiger partial charge in [0.2, 0.25) is 0 Å². The predicted molar refractivity (Wildman–Crippen MR) is 127 cm³/mol. The molecule has 0 saturated carbocycles. The molecule has 184 valence electrons. The fourth-order valence-electron chi connectivity index (χ4n) is 3.11. The van der Waals surface area contributed by atoms with Crippen molar-refractivity contribution in [3.63, 3.8) is 0 Å². The van der Waals surface area contributed by atoms with Crippen molar-refractivity contribution < 1.29 is 28.5 Å². The molecule has 1 aromatic carbocycles. The molecule has 0 heterocycles. The molecule has 32 heavy (non-hydrogen) atoms. The van der Waals surface area contributed by atoms with Crippen molar-refractivity contribution in [2.24, 2.45) is 0 Å². The first-order valence-electron chi connectivity index (χ1n) is 12.4. The zero-order chi connectivity index (χ0) is 23.1. The number of carbonyl (C=O) groups excluding carboxylic acids is 1. The molecule has 0 spiro atoms. The number of esters is 1. The van der Waals surface area contributed by atoms with Crippen molar-refractivity contribution >= 4 is 5.97 Å². The van der Waals surface area contributed by atoms with Gasteiger partial charge in [-0.1, -0.05) is 58.1 Å². The van der Waals surface area contributed by atoms with Crippen molar-refractivity contribution in [1.29, 1.82) is 0 Å². The summed E-state index contributed by atoms with van der Waals surface area (Å²) in [4.78, 5) is 11.2. The molecule has 0 radical (unpaired) electrons. The van der Waals surface area contributed by atoms with Crippen LogP contribution >= 0.6 is 0 Å². The van der Waals surface area contributed by atoms with Gasteiger partial charge < -0.3 is 23.7 Å². The molecular weight excluding hydrogens is 408 g/mol. The van der Waals surface area contributed by atoms with Gasteiger partial charge in [0.05, 0.1) is 39.6 Å². The molecule has 1 aromatic rings. The van der Waals surface area contributed by atoms with Gasteiger partial charge in [0.25, 0.3) is 0 Å². The minimum absolute atomic E-state index is 0.172. The highest BCUT2D eigenvalue weighted by molar-refractivity contribution is 5.69. The topological polar surface area (TPSA) is 63.2 Å². The molecular formula is C26H44O6. The van der Waals surface area contributed by atoms with Crippen LogP contribution in [0.25, 0.3) is 0 Å². The Morgan fingerprint density at radius 2 is 1.22 bits per heavy atom. The maximum absolute atomic E-state index is 11.2. The highest BCUT2D eigenvalue weighted by Crippen LogP contribution is 2.15. The quantitative estimate of drug-likeness (QED) is 0.174. The van der Waals surface area contributed by atoms with E-state index >= 15 is 0 Å². The molecule has 0 fully saturated rings. The van der Waals surface area contributed by atoms with E-state index in [0.29, 0.717) is 59.3 Å². The Hall–Kier alpha value is -1.63. The molecule has 0 aliphatic rings. The number of carbonyl (C=O) groups is 1. The van der Waals surface area contributed by atoms with E-state index in [9.17, 15) is 4.79 Å². The second kappa shape index (κ2) is 21.2. The van der Waals surface area contributed by atoms with Gasteiger partial charge >= 0.3 is 5.97 Å². The lowest BCUT2D eigenvalue weighted by Gasteiger charge is -2.09. The van der Waals surface area contributed by atoms with Crippen molar-refractivity contribution in [2.45, 2.75) is 71.6 Å². The Kier molecular flexibility index (Phi) is 18.8. The van der Waals surface area contributed by atoms with Gasteiger partial charge in [-0.3, -0.25) is 4.79 Å². The number of rotatable bonds is 22. The lowest BCUT2D eigenvalue weighted by atomic mass is 10.0. The predicted octanol–water partition coefficient (Wildman–Crippen LogP) is 5.36. The van der Waals surface area contributed by atoms with Crippen LogP contribution in [0.15, 0.2) is 24.3 Å². The van der Waals surface area contributed by atoms with Crippen LogP contribution in [0.3, 0.4) is 0 Å². The Morgan fingerprint density at radius 3 is 1.84 bits per heavy atom. The first-order chi connectivity index (χ1) is 15.8. The van der Waals surface area contributed by atoms with E-state index in [2.05, 4.69) is 19.1 Å². The minimum atomic E-state index is -0.172. The molecule has 6 nitrogen and oxygen atoms in total. The Balaban J connectivity index is 1.87. The van der Waals surface area contributed by atoms with Gasteiger partial charge in [-0.05, 0) is 37.0 Å². The number of benzene rings is 1. The summed E-state index contributed by atoms with van der Waals surface area (Å²) in [6.07, 6.45) is 10.4. The van der Waals surface area contributed by atoms with E-state index in [0.717, 1.165) is 18.6 Å². The third-order valence-electron chi connectivity index (χ3n) is 4.93. The number of hydrogen-bond donors (Lipinski definition) is 0. The fraction of sp³-hybridized carbons (Fsp3) is 0.731. The van der Waals surface area contributed by atoms with Gasteiger partial charge in [-0.2, -0.15) is 0 Å². The Bertz CT molecular complexity index is 546. The highest BCUT2D eigenvalue weighted by atomic mass is 16.6. The minimum Gasteiger partial charge on any atom is -0.491 e. The van der Waals surface area contributed by atoms with Gasteiger partial charge in [-0.15, -0.1) is 0 Å². The van der Waals surface area contributed by atoms with Crippen LogP contribution in [0.5, 0.6) is 5.75 Å². The molecule has 1 rings (SSSR count). The summed E-state index contributed by atoms with van der Waals surface area (Å²) in [5, 5.41) is 0. The molecule has 0 aliphatic carbocycles. The fourth-order valence-corrected chi connectivity index (χ4v) is 3.11. The summed E-state index contributed by atoms with van der Waals surface area (Å²) >= 11 is 0. The molecule has 0 amide bonds. The molecule has 0 bridgehead atoms. The van der Waals surface area contributed by atoms with E-state index in [4.69, 9.17) is 23.7 Å². The van der Waals surface area contributed by atoms with E-state index in [1.807, 2.05) is 19.1 Å². The van der Waals surface area contributed by atoms with E-state index in [1.165, 1.54) is 44.1 Å². The van der Waals surface area contributed by atoms with Crippen LogP contribution in [0, 0.1) is 0 Å². The smallest absolute Gasteiger partial charge is 0.305 e. The number of aryl methyl sites for hydroxylation is 1. The summed E-state index contributed by atoms with van der Waals surface area (Å²) in [6, 6.07) is 8.40. The Morgan fingerprint density at radius 1 is 0.656 bits per heavy atom. The van der Waals surface area contributed by atoms with Crippen molar-refractivity contribution in [2.75, 3.05) is 52.9 Å². The second-order valence-electron chi connectivity index (χ2n) is 7.82. The van der Waals surface area contributed by atoms with Crippen molar-refractivity contribution in [3.8, 4) is 5.75 Å². The summed E-state index contributed by atoms with van der Waals surface area (Å²) < 4.78 is 27.0.